The molecule has 1 heterocycles. The van der Waals surface area contributed by atoms with Crippen molar-refractivity contribution in [3.8, 4) is 5.69 Å². The van der Waals surface area contributed by atoms with E-state index < -0.39 is 4.92 Å². The van der Waals surface area contributed by atoms with E-state index in [0.717, 1.165) is 22.2 Å². The van der Waals surface area contributed by atoms with E-state index in [4.69, 9.17) is 11.6 Å². The predicted octanol–water partition coefficient (Wildman–Crippen LogP) is 5.64. The molecule has 0 radical (unpaired) electrons. The van der Waals surface area contributed by atoms with E-state index in [9.17, 15) is 10.1 Å². The third-order valence-corrected chi connectivity index (χ3v) is 4.72. The zero-order valence-corrected chi connectivity index (χ0v) is 15.4. The van der Waals surface area contributed by atoms with Crippen LogP contribution in [0.15, 0.2) is 84.0 Å². The Morgan fingerprint density at radius 2 is 1.64 bits per heavy atom. The summed E-state index contributed by atoms with van der Waals surface area (Å²) in [5, 5.41) is 16.8. The minimum Gasteiger partial charge on any atom is -0.300 e. The van der Waals surface area contributed by atoms with Gasteiger partial charge in [0.25, 0.3) is 5.69 Å². The van der Waals surface area contributed by atoms with Gasteiger partial charge in [0.15, 0.2) is 0 Å². The molecule has 4 aromatic rings. The van der Waals surface area contributed by atoms with Crippen LogP contribution in [0.4, 0.5) is 11.4 Å². The van der Waals surface area contributed by atoms with Crippen molar-refractivity contribution < 1.29 is 4.92 Å². The summed E-state index contributed by atoms with van der Waals surface area (Å²) < 4.78 is 1.95. The summed E-state index contributed by atoms with van der Waals surface area (Å²) in [5.74, 6) is 0. The van der Waals surface area contributed by atoms with Crippen molar-refractivity contribution in [3.05, 3.63) is 99.7 Å². The summed E-state index contributed by atoms with van der Waals surface area (Å²) in [5.41, 5.74) is 5.63. The zero-order valence-electron chi connectivity index (χ0n) is 14.6. The molecule has 0 saturated heterocycles. The van der Waals surface area contributed by atoms with Gasteiger partial charge in [0, 0.05) is 22.7 Å². The number of halogens is 1. The molecule has 0 saturated carbocycles. The van der Waals surface area contributed by atoms with Crippen molar-refractivity contribution in [1.82, 2.24) is 4.57 Å². The summed E-state index contributed by atoms with van der Waals surface area (Å²) in [4.78, 5) is 10.7. The van der Waals surface area contributed by atoms with Gasteiger partial charge in [0.05, 0.1) is 16.7 Å². The summed E-state index contributed by atoms with van der Waals surface area (Å²) >= 11 is 6.69. The average Bonchev–Trinajstić information content (AvgIpc) is 3.00. The predicted molar refractivity (Wildman–Crippen MR) is 113 cm³/mol. The molecule has 6 nitrogen and oxygen atoms in total. The van der Waals surface area contributed by atoms with E-state index >= 15 is 0 Å². The number of hydrogen-bond donors (Lipinski definition) is 1. The highest BCUT2D eigenvalue weighted by Crippen LogP contribution is 2.32. The van der Waals surface area contributed by atoms with Gasteiger partial charge in [-0.1, -0.05) is 60.1 Å². The lowest BCUT2D eigenvalue weighted by Gasteiger charge is -2.06. The first-order valence-electron chi connectivity index (χ1n) is 8.53. The average molecular weight is 391 g/mol. The van der Waals surface area contributed by atoms with Crippen LogP contribution in [0.25, 0.3) is 16.6 Å². The SMILES string of the molecule is O=[N+]([O-])c1ccccc1N/N=C\c1c(Cl)n(-c2ccccc2)c2ccccc12. The second-order valence-corrected chi connectivity index (χ2v) is 6.39. The van der Waals surface area contributed by atoms with Crippen LogP contribution in [0.2, 0.25) is 5.15 Å². The van der Waals surface area contributed by atoms with Gasteiger partial charge >= 0.3 is 0 Å². The fraction of sp³-hybridized carbons (Fsp3) is 0. The molecule has 0 aliphatic carbocycles. The summed E-state index contributed by atoms with van der Waals surface area (Å²) in [6.07, 6.45) is 1.58. The molecule has 0 atom stereocenters. The minimum absolute atomic E-state index is 0.0440. The summed E-state index contributed by atoms with van der Waals surface area (Å²) in [6, 6.07) is 24.0. The fourth-order valence-corrected chi connectivity index (χ4v) is 3.42. The van der Waals surface area contributed by atoms with Crippen LogP contribution in [0.1, 0.15) is 5.56 Å². The van der Waals surface area contributed by atoms with Gasteiger partial charge in [0.2, 0.25) is 0 Å². The van der Waals surface area contributed by atoms with Gasteiger partial charge in [-0.25, -0.2) is 0 Å². The summed E-state index contributed by atoms with van der Waals surface area (Å²) in [7, 11) is 0. The van der Waals surface area contributed by atoms with Crippen LogP contribution < -0.4 is 5.43 Å². The highest BCUT2D eigenvalue weighted by molar-refractivity contribution is 6.34. The maximum absolute atomic E-state index is 11.1. The van der Waals surface area contributed by atoms with E-state index in [-0.39, 0.29) is 5.69 Å². The largest absolute Gasteiger partial charge is 0.300 e. The molecule has 1 N–H and O–H groups in total. The minimum atomic E-state index is -0.452. The fourth-order valence-electron chi connectivity index (χ4n) is 3.08. The van der Waals surface area contributed by atoms with Gasteiger partial charge < -0.3 is 0 Å². The molecule has 0 aliphatic heterocycles. The van der Waals surface area contributed by atoms with Gasteiger partial charge in [-0.2, -0.15) is 5.10 Å². The smallest absolute Gasteiger partial charge is 0.294 e. The number of nitrogens with zero attached hydrogens (tertiary/aromatic N) is 3. The van der Waals surface area contributed by atoms with E-state index in [1.165, 1.54) is 6.07 Å². The van der Waals surface area contributed by atoms with E-state index in [1.807, 2.05) is 59.2 Å². The second-order valence-electron chi connectivity index (χ2n) is 6.04. The maximum Gasteiger partial charge on any atom is 0.294 e. The third-order valence-electron chi connectivity index (χ3n) is 4.35. The lowest BCUT2D eigenvalue weighted by Crippen LogP contribution is -1.97. The van der Waals surface area contributed by atoms with Gasteiger partial charge in [-0.05, 0) is 24.3 Å². The van der Waals surface area contributed by atoms with Crippen LogP contribution >= 0.6 is 11.6 Å². The third kappa shape index (κ3) is 3.21. The zero-order chi connectivity index (χ0) is 19.5. The van der Waals surface area contributed by atoms with Crippen LogP contribution in [-0.4, -0.2) is 15.7 Å². The molecule has 3 aromatic carbocycles. The topological polar surface area (TPSA) is 72.5 Å². The number of nitro benzene ring substituents is 1. The lowest BCUT2D eigenvalue weighted by atomic mass is 10.2. The van der Waals surface area contributed by atoms with Crippen LogP contribution in [-0.2, 0) is 0 Å². The molecule has 4 rings (SSSR count). The normalized spacial score (nSPS) is 11.2. The van der Waals surface area contributed by atoms with Crippen molar-refractivity contribution in [1.29, 1.82) is 0 Å². The van der Waals surface area contributed by atoms with E-state index in [2.05, 4.69) is 10.5 Å². The number of hydrazone groups is 1. The molecule has 0 unspecified atom stereocenters. The van der Waals surface area contributed by atoms with Crippen LogP contribution in [0, 0.1) is 10.1 Å². The Labute approximate surface area is 165 Å². The molecule has 7 heteroatoms. The second kappa shape index (κ2) is 7.54. The van der Waals surface area contributed by atoms with E-state index in [1.54, 1.807) is 24.4 Å². The number of hydrogen-bond acceptors (Lipinski definition) is 4. The van der Waals surface area contributed by atoms with Gasteiger partial charge in [-0.15, -0.1) is 0 Å². The Morgan fingerprint density at radius 1 is 0.964 bits per heavy atom. The molecule has 0 bridgehead atoms. The Morgan fingerprint density at radius 3 is 2.43 bits per heavy atom. The molecule has 0 aliphatic rings. The molecule has 1 aromatic heterocycles. The molecule has 0 amide bonds. The van der Waals surface area contributed by atoms with Crippen molar-refractivity contribution in [2.24, 2.45) is 5.10 Å². The number of nitro groups is 1. The molecule has 138 valence electrons. The number of fused-ring (bicyclic) bond motifs is 1. The van der Waals surface area contributed by atoms with Crippen molar-refractivity contribution in [2.75, 3.05) is 5.43 Å². The number of aromatic nitrogens is 1. The Balaban J connectivity index is 1.75. The standard InChI is InChI=1S/C21H15ClN4O2/c22-21-17(14-23-24-18-11-5-7-13-20(18)26(27)28)16-10-4-6-12-19(16)25(21)15-8-2-1-3-9-15/h1-14,24H/b23-14-. The Kier molecular flexibility index (Phi) is 4.78. The van der Waals surface area contributed by atoms with Crippen molar-refractivity contribution in [2.45, 2.75) is 0 Å². The number of nitrogens with one attached hydrogen (secondary N) is 1. The number of benzene rings is 3. The van der Waals surface area contributed by atoms with Crippen LogP contribution in [0.5, 0.6) is 0 Å². The number of rotatable bonds is 5. The van der Waals surface area contributed by atoms with Crippen molar-refractivity contribution in [3.63, 3.8) is 0 Å². The van der Waals surface area contributed by atoms with Gasteiger partial charge in [0.1, 0.15) is 10.8 Å². The molecular weight excluding hydrogens is 376 g/mol. The molecule has 0 spiro atoms. The molecular formula is C21H15ClN4O2. The van der Waals surface area contributed by atoms with E-state index in [0.29, 0.717) is 10.8 Å². The first kappa shape index (κ1) is 17.8. The lowest BCUT2D eigenvalue weighted by molar-refractivity contribution is -0.384. The molecule has 28 heavy (non-hydrogen) atoms. The number of para-hydroxylation sites is 4. The Bertz CT molecular complexity index is 1190. The first-order chi connectivity index (χ1) is 13.7. The first-order valence-corrected chi connectivity index (χ1v) is 8.91. The summed E-state index contributed by atoms with van der Waals surface area (Å²) in [6.45, 7) is 0. The monoisotopic (exact) mass is 390 g/mol. The maximum atomic E-state index is 11.1. The highest BCUT2D eigenvalue weighted by atomic mass is 35.5. The highest BCUT2D eigenvalue weighted by Gasteiger charge is 2.16. The van der Waals surface area contributed by atoms with Crippen molar-refractivity contribution >= 4 is 40.1 Å². The van der Waals surface area contributed by atoms with Gasteiger partial charge in [-0.3, -0.25) is 20.1 Å². The van der Waals surface area contributed by atoms with Crippen LogP contribution in [0.3, 0.4) is 0 Å². The number of anilines is 1. The Hall–Kier alpha value is -3.64. The quantitative estimate of drug-likeness (QED) is 0.272. The molecule has 0 fully saturated rings.